The van der Waals surface area contributed by atoms with Crippen molar-refractivity contribution in [2.45, 2.75) is 32.9 Å². The SMILES string of the molecule is CC(C)CCCO.Cn1c(C(F)(F)F)nc2ccc(-c3cccn4c(C(N)=O)c(-c5ccccc5)nc34)cc21. The van der Waals surface area contributed by atoms with E-state index in [1.807, 2.05) is 30.3 Å². The molecule has 0 saturated heterocycles. The number of halogens is 3. The largest absolute Gasteiger partial charge is 0.449 e. The van der Waals surface area contributed by atoms with Gasteiger partial charge in [0.25, 0.3) is 5.91 Å². The molecule has 0 spiro atoms. The fourth-order valence-corrected chi connectivity index (χ4v) is 4.44. The zero-order valence-electron chi connectivity index (χ0n) is 21.9. The number of hydrogen-bond acceptors (Lipinski definition) is 4. The minimum absolute atomic E-state index is 0.231. The van der Waals surface area contributed by atoms with Crippen LogP contribution in [0.3, 0.4) is 0 Å². The Balaban J connectivity index is 0.000000448. The Labute approximate surface area is 223 Å². The summed E-state index contributed by atoms with van der Waals surface area (Å²) >= 11 is 0. The van der Waals surface area contributed by atoms with E-state index in [9.17, 15) is 18.0 Å². The summed E-state index contributed by atoms with van der Waals surface area (Å²) in [5.74, 6) is -0.858. The first-order valence-electron chi connectivity index (χ1n) is 12.5. The van der Waals surface area contributed by atoms with Crippen molar-refractivity contribution in [2.24, 2.45) is 18.7 Å². The number of aliphatic hydroxyl groups excluding tert-OH is 1. The fraction of sp³-hybridized carbons (Fsp3) is 0.276. The van der Waals surface area contributed by atoms with Gasteiger partial charge in [0, 0.05) is 31.0 Å². The lowest BCUT2D eigenvalue weighted by Crippen LogP contribution is -2.15. The third kappa shape index (κ3) is 5.80. The van der Waals surface area contributed by atoms with E-state index in [0.29, 0.717) is 34.6 Å². The van der Waals surface area contributed by atoms with Gasteiger partial charge in [-0.1, -0.05) is 50.2 Å². The van der Waals surface area contributed by atoms with Crippen molar-refractivity contribution in [1.82, 2.24) is 18.9 Å². The van der Waals surface area contributed by atoms with Crippen LogP contribution >= 0.6 is 0 Å². The van der Waals surface area contributed by atoms with E-state index in [2.05, 4.69) is 23.8 Å². The van der Waals surface area contributed by atoms with Gasteiger partial charge in [-0.2, -0.15) is 13.2 Å². The highest BCUT2D eigenvalue weighted by Gasteiger charge is 2.36. The number of imidazole rings is 2. The van der Waals surface area contributed by atoms with Crippen molar-refractivity contribution >= 4 is 22.6 Å². The molecule has 3 heterocycles. The first-order valence-corrected chi connectivity index (χ1v) is 12.5. The number of amides is 1. The number of carbonyl (C=O) groups excluding carboxylic acids is 1. The molecule has 0 aliphatic carbocycles. The van der Waals surface area contributed by atoms with Gasteiger partial charge in [0.1, 0.15) is 17.0 Å². The van der Waals surface area contributed by atoms with Crippen molar-refractivity contribution in [3.8, 4) is 22.4 Å². The summed E-state index contributed by atoms with van der Waals surface area (Å²) in [5.41, 5.74) is 9.40. The highest BCUT2D eigenvalue weighted by molar-refractivity contribution is 6.00. The Hall–Kier alpha value is -4.18. The molecule has 0 radical (unpaired) electrons. The summed E-state index contributed by atoms with van der Waals surface area (Å²) < 4.78 is 42.4. The maximum atomic E-state index is 13.3. The number of primary amides is 1. The van der Waals surface area contributed by atoms with Gasteiger partial charge in [-0.05, 0) is 48.6 Å². The van der Waals surface area contributed by atoms with Crippen molar-refractivity contribution in [1.29, 1.82) is 0 Å². The number of hydrogen-bond donors (Lipinski definition) is 2. The Bertz CT molecular complexity index is 1600. The summed E-state index contributed by atoms with van der Waals surface area (Å²) in [4.78, 5) is 20.7. The predicted octanol–water partition coefficient (Wildman–Crippen LogP) is 6.09. The van der Waals surface area contributed by atoms with Gasteiger partial charge in [0.2, 0.25) is 5.82 Å². The molecule has 0 aliphatic rings. The Morgan fingerprint density at radius 3 is 2.33 bits per heavy atom. The number of aliphatic hydroxyl groups is 1. The summed E-state index contributed by atoms with van der Waals surface area (Å²) in [7, 11) is 1.33. The molecule has 7 nitrogen and oxygen atoms in total. The smallest absolute Gasteiger partial charge is 0.396 e. The minimum Gasteiger partial charge on any atom is -0.396 e. The summed E-state index contributed by atoms with van der Waals surface area (Å²) in [6, 6.07) is 17.6. The van der Waals surface area contributed by atoms with Gasteiger partial charge in [-0.25, -0.2) is 9.97 Å². The average molecular weight is 538 g/mol. The first kappa shape index (κ1) is 27.8. The lowest BCUT2D eigenvalue weighted by atomic mass is 10.1. The second-order valence-electron chi connectivity index (χ2n) is 9.61. The topological polar surface area (TPSA) is 98.4 Å². The highest BCUT2D eigenvalue weighted by atomic mass is 19.4. The van der Waals surface area contributed by atoms with Gasteiger partial charge in [-0.15, -0.1) is 0 Å². The van der Waals surface area contributed by atoms with E-state index in [1.54, 1.807) is 40.9 Å². The van der Waals surface area contributed by atoms with E-state index in [4.69, 9.17) is 10.8 Å². The van der Waals surface area contributed by atoms with Crippen LogP contribution in [0.2, 0.25) is 0 Å². The molecule has 5 rings (SSSR count). The number of aryl methyl sites for hydroxylation is 1. The van der Waals surface area contributed by atoms with E-state index in [1.165, 1.54) is 7.05 Å². The number of nitrogens with two attached hydrogens (primary N) is 1. The number of fused-ring (bicyclic) bond motifs is 2. The molecule has 204 valence electrons. The normalized spacial score (nSPS) is 11.7. The standard InChI is InChI=1S/C23H16F3N5O.C6H14O/c1-30-17-12-14(9-10-16(17)28-22(30)23(24,25)26)15-8-5-11-31-19(20(27)32)18(29-21(15)31)13-6-3-2-4-7-13;1-6(2)4-3-5-7/h2-12H,1H3,(H2,27,32);6-7H,3-5H2,1-2H3. The van der Waals surface area contributed by atoms with Crippen LogP contribution < -0.4 is 5.73 Å². The van der Waals surface area contributed by atoms with E-state index in [-0.39, 0.29) is 11.2 Å². The van der Waals surface area contributed by atoms with Crippen LogP contribution in [0, 0.1) is 5.92 Å². The van der Waals surface area contributed by atoms with Crippen LogP contribution in [0.1, 0.15) is 43.0 Å². The molecule has 2 aromatic carbocycles. The monoisotopic (exact) mass is 537 g/mol. The molecular formula is C29H30F3N5O2. The summed E-state index contributed by atoms with van der Waals surface area (Å²) in [6.45, 7) is 4.67. The number of pyridine rings is 1. The van der Waals surface area contributed by atoms with Gasteiger partial charge < -0.3 is 15.4 Å². The molecule has 3 N–H and O–H groups in total. The second kappa shape index (κ2) is 11.3. The Morgan fingerprint density at radius 1 is 1.03 bits per heavy atom. The van der Waals surface area contributed by atoms with Crippen molar-refractivity contribution < 1.29 is 23.1 Å². The Kier molecular flexibility index (Phi) is 8.06. The van der Waals surface area contributed by atoms with Crippen molar-refractivity contribution in [3.05, 3.63) is 78.4 Å². The molecule has 0 unspecified atom stereocenters. The van der Waals surface area contributed by atoms with Crippen LogP contribution in [0.15, 0.2) is 66.9 Å². The van der Waals surface area contributed by atoms with Crippen LogP contribution in [-0.4, -0.2) is 36.6 Å². The molecule has 0 fully saturated rings. The molecule has 0 saturated carbocycles. The lowest BCUT2D eigenvalue weighted by Gasteiger charge is -2.07. The molecule has 0 aliphatic heterocycles. The lowest BCUT2D eigenvalue weighted by molar-refractivity contribution is -0.146. The summed E-state index contributed by atoms with van der Waals surface area (Å²) in [6.07, 6.45) is -0.769. The molecule has 1 amide bonds. The zero-order chi connectivity index (χ0) is 28.3. The van der Waals surface area contributed by atoms with Gasteiger partial charge in [-0.3, -0.25) is 9.20 Å². The van der Waals surface area contributed by atoms with Crippen molar-refractivity contribution in [2.75, 3.05) is 6.61 Å². The molecule has 3 aromatic heterocycles. The van der Waals surface area contributed by atoms with Crippen LogP contribution in [0.25, 0.3) is 39.1 Å². The molecule has 0 bridgehead atoms. The number of rotatable bonds is 6. The van der Waals surface area contributed by atoms with Crippen LogP contribution in [0.5, 0.6) is 0 Å². The first-order chi connectivity index (χ1) is 18.5. The second-order valence-corrected chi connectivity index (χ2v) is 9.61. The average Bonchev–Trinajstić information content (AvgIpc) is 3.46. The van der Waals surface area contributed by atoms with E-state index >= 15 is 0 Å². The minimum atomic E-state index is -4.56. The third-order valence-corrected chi connectivity index (χ3v) is 6.32. The number of benzene rings is 2. The fourth-order valence-electron chi connectivity index (χ4n) is 4.44. The van der Waals surface area contributed by atoms with Gasteiger partial charge in [0.05, 0.1) is 11.0 Å². The molecule has 5 aromatic rings. The number of alkyl halides is 3. The molecule has 0 atom stereocenters. The van der Waals surface area contributed by atoms with Gasteiger partial charge >= 0.3 is 6.18 Å². The third-order valence-electron chi connectivity index (χ3n) is 6.32. The quantitative estimate of drug-likeness (QED) is 0.274. The maximum absolute atomic E-state index is 13.3. The van der Waals surface area contributed by atoms with E-state index in [0.717, 1.165) is 28.9 Å². The summed E-state index contributed by atoms with van der Waals surface area (Å²) in [5, 5.41) is 8.32. The maximum Gasteiger partial charge on any atom is 0.449 e. The molecule has 10 heteroatoms. The van der Waals surface area contributed by atoms with Crippen LogP contribution in [-0.2, 0) is 13.2 Å². The van der Waals surface area contributed by atoms with Gasteiger partial charge in [0.15, 0.2) is 0 Å². The Morgan fingerprint density at radius 2 is 1.74 bits per heavy atom. The highest BCUT2D eigenvalue weighted by Crippen LogP contribution is 2.34. The number of carbonyl (C=O) groups is 1. The number of nitrogens with zero attached hydrogens (tertiary/aromatic N) is 4. The molecule has 39 heavy (non-hydrogen) atoms. The van der Waals surface area contributed by atoms with Crippen LogP contribution in [0.4, 0.5) is 13.2 Å². The molecular weight excluding hydrogens is 507 g/mol. The van der Waals surface area contributed by atoms with Crippen molar-refractivity contribution in [3.63, 3.8) is 0 Å². The van der Waals surface area contributed by atoms with E-state index < -0.39 is 17.9 Å². The number of aromatic nitrogens is 4. The predicted molar refractivity (Wildman–Crippen MR) is 145 cm³/mol. The zero-order valence-corrected chi connectivity index (χ0v) is 21.9.